The van der Waals surface area contributed by atoms with Crippen LogP contribution in [0.1, 0.15) is 46.5 Å². The van der Waals surface area contributed by atoms with E-state index in [0.717, 1.165) is 18.8 Å². The van der Waals surface area contributed by atoms with Gasteiger partial charge in [0.25, 0.3) is 0 Å². The number of ether oxygens (including phenoxy) is 1. The summed E-state index contributed by atoms with van der Waals surface area (Å²) in [7, 11) is 1.85. The van der Waals surface area contributed by atoms with Crippen LogP contribution >= 0.6 is 0 Å². The number of nitrogens with zero attached hydrogens (tertiary/aromatic N) is 1. The van der Waals surface area contributed by atoms with Crippen molar-refractivity contribution < 1.29 is 9.53 Å². The van der Waals surface area contributed by atoms with Crippen molar-refractivity contribution in [1.82, 2.24) is 4.90 Å². The van der Waals surface area contributed by atoms with E-state index < -0.39 is 0 Å². The smallest absolute Gasteiger partial charge is 0.410 e. The highest BCUT2D eigenvalue weighted by molar-refractivity contribution is 5.67. The van der Waals surface area contributed by atoms with Gasteiger partial charge in [-0.05, 0) is 32.6 Å². The molecule has 0 aliphatic heterocycles. The zero-order chi connectivity index (χ0) is 11.4. The highest BCUT2D eigenvalue weighted by Gasteiger charge is 2.26. The summed E-state index contributed by atoms with van der Waals surface area (Å²) in [5, 5.41) is 0. The van der Waals surface area contributed by atoms with Crippen molar-refractivity contribution in [2.24, 2.45) is 5.92 Å². The molecule has 15 heavy (non-hydrogen) atoms. The van der Waals surface area contributed by atoms with Gasteiger partial charge in [0.1, 0.15) is 0 Å². The molecular formula is C12H23NO2. The maximum absolute atomic E-state index is 11.7. The Labute approximate surface area is 92.8 Å². The van der Waals surface area contributed by atoms with E-state index in [2.05, 4.69) is 6.92 Å². The van der Waals surface area contributed by atoms with Crippen LogP contribution in [0.3, 0.4) is 0 Å². The van der Waals surface area contributed by atoms with Crippen molar-refractivity contribution in [3.63, 3.8) is 0 Å². The minimum atomic E-state index is -0.177. The van der Waals surface area contributed by atoms with E-state index in [9.17, 15) is 4.79 Å². The Balaban J connectivity index is 2.44. The highest BCUT2D eigenvalue weighted by atomic mass is 16.6. The average Bonchev–Trinajstić information content (AvgIpc) is 2.15. The van der Waals surface area contributed by atoms with Crippen molar-refractivity contribution in [1.29, 1.82) is 0 Å². The molecule has 0 heterocycles. The molecule has 3 nitrogen and oxygen atoms in total. The van der Waals surface area contributed by atoms with Crippen LogP contribution < -0.4 is 0 Å². The summed E-state index contributed by atoms with van der Waals surface area (Å²) in [6.07, 6.45) is 4.55. The van der Waals surface area contributed by atoms with E-state index in [0.29, 0.717) is 6.04 Å². The van der Waals surface area contributed by atoms with Crippen molar-refractivity contribution in [2.45, 2.75) is 58.6 Å². The monoisotopic (exact) mass is 213 g/mol. The van der Waals surface area contributed by atoms with Crippen LogP contribution in [0.5, 0.6) is 0 Å². The van der Waals surface area contributed by atoms with Gasteiger partial charge in [0.05, 0.1) is 6.10 Å². The van der Waals surface area contributed by atoms with E-state index in [-0.39, 0.29) is 12.2 Å². The van der Waals surface area contributed by atoms with Crippen LogP contribution in [-0.4, -0.2) is 30.2 Å². The lowest BCUT2D eigenvalue weighted by atomic mass is 9.86. The fourth-order valence-electron chi connectivity index (χ4n) is 2.19. The van der Waals surface area contributed by atoms with E-state index >= 15 is 0 Å². The molecule has 1 aliphatic carbocycles. The quantitative estimate of drug-likeness (QED) is 0.705. The van der Waals surface area contributed by atoms with Gasteiger partial charge in [0.2, 0.25) is 0 Å². The van der Waals surface area contributed by atoms with Crippen LogP contribution in [0, 0.1) is 5.92 Å². The second-order valence-electron chi connectivity index (χ2n) is 4.97. The minimum Gasteiger partial charge on any atom is -0.447 e. The van der Waals surface area contributed by atoms with Gasteiger partial charge in [0.15, 0.2) is 0 Å². The standard InChI is InChI=1S/C12H23NO2/c1-9(2)15-12(14)13(4)11-7-5-6-10(3)8-11/h9-11H,5-8H2,1-4H3. The van der Waals surface area contributed by atoms with Crippen LogP contribution in [0.25, 0.3) is 0 Å². The van der Waals surface area contributed by atoms with Crippen LogP contribution in [0.4, 0.5) is 4.79 Å². The SMILES string of the molecule is CC1CCCC(N(C)C(=O)OC(C)C)C1. The summed E-state index contributed by atoms with van der Waals surface area (Å²) >= 11 is 0. The Bertz CT molecular complexity index is 216. The molecule has 88 valence electrons. The lowest BCUT2D eigenvalue weighted by molar-refractivity contribution is 0.0624. The molecule has 0 radical (unpaired) electrons. The molecule has 2 atom stereocenters. The third kappa shape index (κ3) is 3.73. The normalized spacial score (nSPS) is 26.5. The molecule has 0 saturated heterocycles. The number of hydrogen-bond donors (Lipinski definition) is 0. The van der Waals surface area contributed by atoms with Crippen LogP contribution in [-0.2, 0) is 4.74 Å². The molecule has 2 unspecified atom stereocenters. The summed E-state index contributed by atoms with van der Waals surface area (Å²) < 4.78 is 5.19. The summed E-state index contributed by atoms with van der Waals surface area (Å²) in [5.41, 5.74) is 0. The second-order valence-corrected chi connectivity index (χ2v) is 4.97. The first-order valence-corrected chi connectivity index (χ1v) is 5.94. The van der Waals surface area contributed by atoms with Gasteiger partial charge in [-0.2, -0.15) is 0 Å². The maximum Gasteiger partial charge on any atom is 0.410 e. The Morgan fingerprint density at radius 2 is 2.07 bits per heavy atom. The topological polar surface area (TPSA) is 29.5 Å². The average molecular weight is 213 g/mol. The van der Waals surface area contributed by atoms with Crippen LogP contribution in [0.2, 0.25) is 0 Å². The summed E-state index contributed by atoms with van der Waals surface area (Å²) in [6, 6.07) is 0.375. The van der Waals surface area contributed by atoms with Crippen molar-refractivity contribution in [2.75, 3.05) is 7.05 Å². The second kappa shape index (κ2) is 5.38. The Morgan fingerprint density at radius 1 is 1.40 bits per heavy atom. The molecule has 0 aromatic heterocycles. The molecule has 0 N–H and O–H groups in total. The molecule has 0 aromatic rings. The molecule has 1 fully saturated rings. The lowest BCUT2D eigenvalue weighted by Gasteiger charge is -2.33. The summed E-state index contributed by atoms with van der Waals surface area (Å²) in [5.74, 6) is 0.734. The Kier molecular flexibility index (Phi) is 4.43. The zero-order valence-electron chi connectivity index (χ0n) is 10.3. The third-order valence-corrected chi connectivity index (χ3v) is 3.08. The van der Waals surface area contributed by atoms with Gasteiger partial charge in [0, 0.05) is 13.1 Å². The van der Waals surface area contributed by atoms with Gasteiger partial charge in [-0.3, -0.25) is 0 Å². The first-order chi connectivity index (χ1) is 7.00. The zero-order valence-corrected chi connectivity index (χ0v) is 10.3. The molecule has 1 rings (SSSR count). The van der Waals surface area contributed by atoms with Crippen LogP contribution in [0.15, 0.2) is 0 Å². The molecule has 3 heteroatoms. The number of carbonyl (C=O) groups excluding carboxylic acids is 1. The minimum absolute atomic E-state index is 0.0269. The van der Waals surface area contributed by atoms with E-state index in [4.69, 9.17) is 4.74 Å². The molecule has 0 spiro atoms. The van der Waals surface area contributed by atoms with Crippen molar-refractivity contribution in [3.05, 3.63) is 0 Å². The van der Waals surface area contributed by atoms with Crippen molar-refractivity contribution >= 4 is 6.09 Å². The first kappa shape index (κ1) is 12.3. The maximum atomic E-state index is 11.7. The molecule has 0 aromatic carbocycles. The fourth-order valence-corrected chi connectivity index (χ4v) is 2.19. The van der Waals surface area contributed by atoms with Gasteiger partial charge >= 0.3 is 6.09 Å². The van der Waals surface area contributed by atoms with E-state index in [1.165, 1.54) is 12.8 Å². The Morgan fingerprint density at radius 3 is 2.60 bits per heavy atom. The Hall–Kier alpha value is -0.730. The molecule has 1 aliphatic rings. The largest absolute Gasteiger partial charge is 0.447 e. The first-order valence-electron chi connectivity index (χ1n) is 5.94. The van der Waals surface area contributed by atoms with E-state index in [1.807, 2.05) is 20.9 Å². The highest BCUT2D eigenvalue weighted by Crippen LogP contribution is 2.26. The molecule has 0 bridgehead atoms. The van der Waals surface area contributed by atoms with Gasteiger partial charge in [-0.25, -0.2) is 4.79 Å². The lowest BCUT2D eigenvalue weighted by Crippen LogP contribution is -2.40. The number of hydrogen-bond acceptors (Lipinski definition) is 2. The molecule has 1 saturated carbocycles. The van der Waals surface area contributed by atoms with Gasteiger partial charge in [-0.15, -0.1) is 0 Å². The predicted molar refractivity (Wildman–Crippen MR) is 60.8 cm³/mol. The van der Waals surface area contributed by atoms with Gasteiger partial charge in [-0.1, -0.05) is 19.8 Å². The van der Waals surface area contributed by atoms with E-state index in [1.54, 1.807) is 4.90 Å². The predicted octanol–water partition coefficient (Wildman–Crippen LogP) is 3.04. The molecular weight excluding hydrogens is 190 g/mol. The number of amides is 1. The third-order valence-electron chi connectivity index (χ3n) is 3.08. The van der Waals surface area contributed by atoms with Gasteiger partial charge < -0.3 is 9.64 Å². The summed E-state index contributed by atoms with van der Waals surface area (Å²) in [4.78, 5) is 13.4. The number of rotatable bonds is 2. The summed E-state index contributed by atoms with van der Waals surface area (Å²) in [6.45, 7) is 6.03. The number of carbonyl (C=O) groups is 1. The van der Waals surface area contributed by atoms with Crippen molar-refractivity contribution in [3.8, 4) is 0 Å². The molecule has 1 amide bonds. The fraction of sp³-hybridized carbons (Fsp3) is 0.917.